The highest BCUT2D eigenvalue weighted by molar-refractivity contribution is 5.67. The Balaban J connectivity index is 2.75. The summed E-state index contributed by atoms with van der Waals surface area (Å²) in [7, 11) is 0. The van der Waals surface area contributed by atoms with Crippen LogP contribution in [0.25, 0.3) is 0 Å². The molecule has 0 aliphatic carbocycles. The van der Waals surface area contributed by atoms with E-state index in [9.17, 15) is 9.90 Å². The number of aliphatic hydroxyl groups excluding tert-OH is 1. The number of rotatable bonds is 4. The SMILES string of the molecule is CCn1nccc1C(O)CC(=O)O. The number of carboxylic acid groups (broad SMARTS) is 1. The summed E-state index contributed by atoms with van der Waals surface area (Å²) < 4.78 is 1.58. The molecule has 0 fully saturated rings. The van der Waals surface area contributed by atoms with E-state index in [2.05, 4.69) is 5.10 Å². The summed E-state index contributed by atoms with van der Waals surface area (Å²) in [5.74, 6) is -1.02. The molecule has 5 heteroatoms. The monoisotopic (exact) mass is 184 g/mol. The summed E-state index contributed by atoms with van der Waals surface area (Å²) in [6.07, 6.45) is 0.287. The number of carbonyl (C=O) groups is 1. The summed E-state index contributed by atoms with van der Waals surface area (Å²) >= 11 is 0. The van der Waals surface area contributed by atoms with E-state index in [0.29, 0.717) is 12.2 Å². The number of aryl methyl sites for hydroxylation is 1. The molecule has 5 nitrogen and oxygen atoms in total. The molecular formula is C8H12N2O3. The molecule has 1 unspecified atom stereocenters. The van der Waals surface area contributed by atoms with Gasteiger partial charge in [0.05, 0.1) is 12.1 Å². The topological polar surface area (TPSA) is 75.3 Å². The van der Waals surface area contributed by atoms with Crippen LogP contribution in [-0.2, 0) is 11.3 Å². The zero-order valence-electron chi connectivity index (χ0n) is 7.34. The van der Waals surface area contributed by atoms with E-state index in [1.807, 2.05) is 6.92 Å². The smallest absolute Gasteiger partial charge is 0.306 e. The van der Waals surface area contributed by atoms with Gasteiger partial charge >= 0.3 is 5.97 Å². The average Bonchev–Trinajstić information content (AvgIpc) is 2.49. The molecule has 0 aromatic carbocycles. The Kier molecular flexibility index (Phi) is 3.02. The molecule has 0 aliphatic rings. The van der Waals surface area contributed by atoms with E-state index in [-0.39, 0.29) is 6.42 Å². The summed E-state index contributed by atoms with van der Waals surface area (Å²) in [5, 5.41) is 21.8. The van der Waals surface area contributed by atoms with E-state index in [1.165, 1.54) is 0 Å². The third-order valence-corrected chi connectivity index (χ3v) is 1.76. The summed E-state index contributed by atoms with van der Waals surface area (Å²) in [6.45, 7) is 2.50. The van der Waals surface area contributed by atoms with Crippen LogP contribution in [0.3, 0.4) is 0 Å². The van der Waals surface area contributed by atoms with Crippen LogP contribution < -0.4 is 0 Å². The van der Waals surface area contributed by atoms with Crippen molar-refractivity contribution in [1.82, 2.24) is 9.78 Å². The van der Waals surface area contributed by atoms with Crippen LogP contribution in [0.1, 0.15) is 25.1 Å². The van der Waals surface area contributed by atoms with Crippen LogP contribution in [0.5, 0.6) is 0 Å². The van der Waals surface area contributed by atoms with Gasteiger partial charge in [0.1, 0.15) is 6.10 Å². The van der Waals surface area contributed by atoms with Gasteiger partial charge in [0.15, 0.2) is 0 Å². The minimum Gasteiger partial charge on any atom is -0.481 e. The minimum absolute atomic E-state index is 0.286. The first-order chi connectivity index (χ1) is 6.15. The molecule has 1 atom stereocenters. The molecule has 13 heavy (non-hydrogen) atoms. The molecule has 2 N–H and O–H groups in total. The van der Waals surface area contributed by atoms with Gasteiger partial charge < -0.3 is 10.2 Å². The quantitative estimate of drug-likeness (QED) is 0.710. The molecule has 72 valence electrons. The zero-order chi connectivity index (χ0) is 9.84. The molecular weight excluding hydrogens is 172 g/mol. The van der Waals surface area contributed by atoms with E-state index in [0.717, 1.165) is 0 Å². The Labute approximate surface area is 75.6 Å². The lowest BCUT2D eigenvalue weighted by Gasteiger charge is -2.09. The zero-order valence-corrected chi connectivity index (χ0v) is 7.34. The number of aliphatic carboxylic acids is 1. The van der Waals surface area contributed by atoms with Crippen molar-refractivity contribution in [3.63, 3.8) is 0 Å². The Morgan fingerprint density at radius 3 is 3.00 bits per heavy atom. The molecule has 0 amide bonds. The van der Waals surface area contributed by atoms with Gasteiger partial charge in [0, 0.05) is 12.7 Å². The van der Waals surface area contributed by atoms with Crippen molar-refractivity contribution >= 4 is 5.97 Å². The summed E-state index contributed by atoms with van der Waals surface area (Å²) in [4.78, 5) is 10.3. The first-order valence-electron chi connectivity index (χ1n) is 4.06. The van der Waals surface area contributed by atoms with Gasteiger partial charge in [-0.1, -0.05) is 0 Å². The summed E-state index contributed by atoms with van der Waals surface area (Å²) in [5.41, 5.74) is 0.546. The van der Waals surface area contributed by atoms with Crippen LogP contribution in [0.15, 0.2) is 12.3 Å². The Hall–Kier alpha value is -1.36. The van der Waals surface area contributed by atoms with Crippen molar-refractivity contribution in [2.24, 2.45) is 0 Å². The van der Waals surface area contributed by atoms with Crippen LogP contribution in [-0.4, -0.2) is 26.0 Å². The normalized spacial score (nSPS) is 12.8. The third kappa shape index (κ3) is 2.29. The Morgan fingerprint density at radius 1 is 1.77 bits per heavy atom. The number of hydrogen-bond donors (Lipinski definition) is 2. The second-order valence-corrected chi connectivity index (χ2v) is 2.69. The molecule has 0 aliphatic heterocycles. The maximum atomic E-state index is 10.3. The van der Waals surface area contributed by atoms with E-state index in [4.69, 9.17) is 5.11 Å². The van der Waals surface area contributed by atoms with Gasteiger partial charge in [-0.15, -0.1) is 0 Å². The van der Waals surface area contributed by atoms with Gasteiger partial charge in [0.2, 0.25) is 0 Å². The van der Waals surface area contributed by atoms with E-state index < -0.39 is 12.1 Å². The maximum absolute atomic E-state index is 10.3. The largest absolute Gasteiger partial charge is 0.481 e. The van der Waals surface area contributed by atoms with Gasteiger partial charge in [0.25, 0.3) is 0 Å². The Bertz CT molecular complexity index is 295. The van der Waals surface area contributed by atoms with Crippen molar-refractivity contribution in [2.45, 2.75) is 26.0 Å². The molecule has 0 spiro atoms. The predicted molar refractivity (Wildman–Crippen MR) is 45.1 cm³/mol. The lowest BCUT2D eigenvalue weighted by Crippen LogP contribution is -2.11. The van der Waals surface area contributed by atoms with Gasteiger partial charge in [-0.2, -0.15) is 5.10 Å². The van der Waals surface area contributed by atoms with Crippen LogP contribution in [0.4, 0.5) is 0 Å². The fraction of sp³-hybridized carbons (Fsp3) is 0.500. The molecule has 0 radical (unpaired) electrons. The second-order valence-electron chi connectivity index (χ2n) is 2.69. The fourth-order valence-corrected chi connectivity index (χ4v) is 1.16. The van der Waals surface area contributed by atoms with Crippen LogP contribution in [0.2, 0.25) is 0 Å². The van der Waals surface area contributed by atoms with E-state index in [1.54, 1.807) is 16.9 Å². The molecule has 0 bridgehead atoms. The standard InChI is InChI=1S/C8H12N2O3/c1-2-10-6(3-4-9-10)7(11)5-8(12)13/h3-4,7,11H,2,5H2,1H3,(H,12,13). The number of aromatic nitrogens is 2. The highest BCUT2D eigenvalue weighted by Crippen LogP contribution is 2.15. The highest BCUT2D eigenvalue weighted by atomic mass is 16.4. The van der Waals surface area contributed by atoms with E-state index >= 15 is 0 Å². The summed E-state index contributed by atoms with van der Waals surface area (Å²) in [6, 6.07) is 1.62. The van der Waals surface area contributed by atoms with Crippen molar-refractivity contribution < 1.29 is 15.0 Å². The average molecular weight is 184 g/mol. The molecule has 1 aromatic heterocycles. The molecule has 1 rings (SSSR count). The second kappa shape index (κ2) is 4.04. The lowest BCUT2D eigenvalue weighted by molar-refractivity contribution is -0.139. The van der Waals surface area contributed by atoms with Gasteiger partial charge in [-0.3, -0.25) is 9.48 Å². The van der Waals surface area contributed by atoms with Crippen molar-refractivity contribution in [1.29, 1.82) is 0 Å². The fourth-order valence-electron chi connectivity index (χ4n) is 1.16. The van der Waals surface area contributed by atoms with Crippen LogP contribution in [0, 0.1) is 0 Å². The highest BCUT2D eigenvalue weighted by Gasteiger charge is 2.15. The number of nitrogens with zero attached hydrogens (tertiary/aromatic N) is 2. The molecule has 0 saturated carbocycles. The van der Waals surface area contributed by atoms with Gasteiger partial charge in [-0.05, 0) is 13.0 Å². The maximum Gasteiger partial charge on any atom is 0.306 e. The number of aliphatic hydroxyl groups is 1. The Morgan fingerprint density at radius 2 is 2.46 bits per heavy atom. The minimum atomic E-state index is -1.02. The lowest BCUT2D eigenvalue weighted by atomic mass is 10.2. The first-order valence-corrected chi connectivity index (χ1v) is 4.06. The number of hydrogen-bond acceptors (Lipinski definition) is 3. The first kappa shape index (κ1) is 9.73. The van der Waals surface area contributed by atoms with Crippen molar-refractivity contribution in [2.75, 3.05) is 0 Å². The molecule has 1 aromatic rings. The van der Waals surface area contributed by atoms with Gasteiger partial charge in [-0.25, -0.2) is 0 Å². The van der Waals surface area contributed by atoms with Crippen molar-refractivity contribution in [3.8, 4) is 0 Å². The van der Waals surface area contributed by atoms with Crippen molar-refractivity contribution in [3.05, 3.63) is 18.0 Å². The molecule has 0 saturated heterocycles. The number of carboxylic acids is 1. The molecule has 1 heterocycles. The van der Waals surface area contributed by atoms with Crippen LogP contribution >= 0.6 is 0 Å². The third-order valence-electron chi connectivity index (χ3n) is 1.76. The predicted octanol–water partition coefficient (Wildman–Crippen LogP) is 0.411.